The summed E-state index contributed by atoms with van der Waals surface area (Å²) in [6, 6.07) is 3.03. The minimum absolute atomic E-state index is 0.103. The maximum atomic E-state index is 12.9. The highest BCUT2D eigenvalue weighted by Crippen LogP contribution is 2.21. The van der Waals surface area contributed by atoms with E-state index in [1.165, 1.54) is 6.07 Å². The maximum Gasteiger partial charge on any atom is 0.411 e. The molecular weight excluding hydrogens is 219 g/mol. The van der Waals surface area contributed by atoms with Gasteiger partial charge in [-0.15, -0.1) is 0 Å². The van der Waals surface area contributed by atoms with Gasteiger partial charge in [0.25, 0.3) is 0 Å². The number of nitrogens with one attached hydrogen (secondary N) is 1. The number of nitrogens with zero attached hydrogens (tertiary/aromatic N) is 1. The third-order valence-corrected chi connectivity index (χ3v) is 1.66. The van der Waals surface area contributed by atoms with Crippen molar-refractivity contribution in [2.75, 3.05) is 11.9 Å². The second-order valence-electron chi connectivity index (χ2n) is 2.77. The molecule has 1 aromatic rings. The summed E-state index contributed by atoms with van der Waals surface area (Å²) in [6.45, 7) is 1.79. The second kappa shape index (κ2) is 5.06. The van der Waals surface area contributed by atoms with Crippen LogP contribution in [0.25, 0.3) is 0 Å². The highest BCUT2D eigenvalue weighted by molar-refractivity contribution is 5.85. The van der Waals surface area contributed by atoms with Crippen LogP contribution in [0, 0.1) is 15.9 Å². The highest BCUT2D eigenvalue weighted by Gasteiger charge is 2.15. The highest BCUT2D eigenvalue weighted by atomic mass is 19.1. The van der Waals surface area contributed by atoms with Gasteiger partial charge in [0.15, 0.2) is 0 Å². The average molecular weight is 228 g/mol. The quantitative estimate of drug-likeness (QED) is 0.635. The maximum absolute atomic E-state index is 12.9. The van der Waals surface area contributed by atoms with Gasteiger partial charge in [-0.05, 0) is 19.1 Å². The van der Waals surface area contributed by atoms with Crippen molar-refractivity contribution in [2.45, 2.75) is 6.92 Å². The first-order valence-corrected chi connectivity index (χ1v) is 4.42. The zero-order chi connectivity index (χ0) is 12.1. The van der Waals surface area contributed by atoms with Crippen molar-refractivity contribution in [3.63, 3.8) is 0 Å². The first kappa shape index (κ1) is 11.9. The van der Waals surface area contributed by atoms with E-state index >= 15 is 0 Å². The molecule has 0 aliphatic carbocycles. The fourth-order valence-electron chi connectivity index (χ4n) is 1.02. The van der Waals surface area contributed by atoms with Gasteiger partial charge < -0.3 is 4.74 Å². The molecule has 0 radical (unpaired) electrons. The van der Waals surface area contributed by atoms with E-state index in [4.69, 9.17) is 0 Å². The Bertz CT molecular complexity index is 422. The molecule has 6 nitrogen and oxygen atoms in total. The Morgan fingerprint density at radius 2 is 2.31 bits per heavy atom. The molecule has 0 saturated heterocycles. The second-order valence-corrected chi connectivity index (χ2v) is 2.77. The number of hydrogen-bond acceptors (Lipinski definition) is 4. The van der Waals surface area contributed by atoms with Crippen LogP contribution in [0.2, 0.25) is 0 Å². The van der Waals surface area contributed by atoms with Crippen LogP contribution < -0.4 is 5.32 Å². The zero-order valence-electron chi connectivity index (χ0n) is 8.40. The van der Waals surface area contributed by atoms with Gasteiger partial charge >= 0.3 is 11.8 Å². The van der Waals surface area contributed by atoms with Gasteiger partial charge in [0.2, 0.25) is 5.82 Å². The molecule has 0 fully saturated rings. The molecule has 0 aliphatic heterocycles. The van der Waals surface area contributed by atoms with Gasteiger partial charge in [-0.1, -0.05) is 0 Å². The predicted octanol–water partition coefficient (Wildman–Crippen LogP) is 2.30. The molecular formula is C9H9FN2O4. The number of nitro benzene ring substituents is 1. The van der Waals surface area contributed by atoms with Crippen molar-refractivity contribution >= 4 is 17.5 Å². The number of ether oxygens (including phenoxy) is 1. The number of nitro groups is 1. The Labute approximate surface area is 90.2 Å². The lowest BCUT2D eigenvalue weighted by Crippen LogP contribution is -2.13. The molecule has 16 heavy (non-hydrogen) atoms. The van der Waals surface area contributed by atoms with Crippen molar-refractivity contribution in [2.24, 2.45) is 0 Å². The van der Waals surface area contributed by atoms with Gasteiger partial charge in [0.05, 0.1) is 17.2 Å². The van der Waals surface area contributed by atoms with Crippen LogP contribution in [0.1, 0.15) is 6.92 Å². The van der Waals surface area contributed by atoms with Crippen LogP contribution in [-0.4, -0.2) is 17.6 Å². The van der Waals surface area contributed by atoms with Crippen LogP contribution in [-0.2, 0) is 4.74 Å². The zero-order valence-corrected chi connectivity index (χ0v) is 8.40. The van der Waals surface area contributed by atoms with Crippen molar-refractivity contribution in [1.82, 2.24) is 0 Å². The van der Waals surface area contributed by atoms with Gasteiger partial charge in [-0.2, -0.15) is 4.39 Å². The number of hydrogen-bond donors (Lipinski definition) is 1. The summed E-state index contributed by atoms with van der Waals surface area (Å²) in [5, 5.41) is 12.6. The molecule has 7 heteroatoms. The lowest BCUT2D eigenvalue weighted by molar-refractivity contribution is -0.387. The summed E-state index contributed by atoms with van der Waals surface area (Å²) in [6.07, 6.45) is -0.747. The van der Waals surface area contributed by atoms with E-state index in [-0.39, 0.29) is 12.3 Å². The molecule has 0 atom stereocenters. The van der Waals surface area contributed by atoms with E-state index in [0.717, 1.165) is 12.1 Å². The van der Waals surface area contributed by atoms with E-state index in [2.05, 4.69) is 10.1 Å². The molecule has 1 N–H and O–H groups in total. The Morgan fingerprint density at radius 3 is 2.88 bits per heavy atom. The summed E-state index contributed by atoms with van der Waals surface area (Å²) in [7, 11) is 0. The first-order valence-electron chi connectivity index (χ1n) is 4.42. The number of halogens is 1. The van der Waals surface area contributed by atoms with Crippen LogP contribution in [0.4, 0.5) is 20.6 Å². The topological polar surface area (TPSA) is 81.5 Å². The standard InChI is InChI=1S/C9H9FN2O4/c1-2-16-9(13)11-6-3-4-7(10)8(5-6)12(14)15/h3-5H,2H2,1H3,(H,11,13). The average Bonchev–Trinajstić information content (AvgIpc) is 2.21. The van der Waals surface area contributed by atoms with E-state index < -0.39 is 22.5 Å². The Morgan fingerprint density at radius 1 is 1.62 bits per heavy atom. The first-order chi connectivity index (χ1) is 7.54. The van der Waals surface area contributed by atoms with E-state index in [1.807, 2.05) is 0 Å². The monoisotopic (exact) mass is 228 g/mol. The normalized spacial score (nSPS) is 9.62. The number of carbonyl (C=O) groups is 1. The minimum Gasteiger partial charge on any atom is -0.450 e. The van der Waals surface area contributed by atoms with Crippen LogP contribution in [0.3, 0.4) is 0 Å². The van der Waals surface area contributed by atoms with Gasteiger partial charge in [0, 0.05) is 6.07 Å². The smallest absolute Gasteiger partial charge is 0.411 e. The van der Waals surface area contributed by atoms with Crippen molar-refractivity contribution in [3.05, 3.63) is 34.1 Å². The lowest BCUT2D eigenvalue weighted by Gasteiger charge is -2.04. The number of rotatable bonds is 3. The summed E-state index contributed by atoms with van der Waals surface area (Å²) >= 11 is 0. The molecule has 1 aromatic carbocycles. The molecule has 0 aliphatic rings. The van der Waals surface area contributed by atoms with Crippen LogP contribution in [0.15, 0.2) is 18.2 Å². The fourth-order valence-corrected chi connectivity index (χ4v) is 1.02. The Kier molecular flexibility index (Phi) is 3.76. The number of anilines is 1. The van der Waals surface area contributed by atoms with Gasteiger partial charge in [-0.3, -0.25) is 15.4 Å². The molecule has 0 heterocycles. The van der Waals surface area contributed by atoms with Crippen LogP contribution in [0.5, 0.6) is 0 Å². The number of amides is 1. The molecule has 0 aromatic heterocycles. The molecule has 1 amide bonds. The van der Waals surface area contributed by atoms with Crippen molar-refractivity contribution in [1.29, 1.82) is 0 Å². The van der Waals surface area contributed by atoms with Crippen molar-refractivity contribution < 1.29 is 18.8 Å². The van der Waals surface area contributed by atoms with Crippen molar-refractivity contribution in [3.8, 4) is 0 Å². The SMILES string of the molecule is CCOC(=O)Nc1ccc(F)c([N+](=O)[O-])c1. The molecule has 86 valence electrons. The molecule has 0 bridgehead atoms. The summed E-state index contributed by atoms with van der Waals surface area (Å²) < 4.78 is 17.5. The van der Waals surface area contributed by atoms with E-state index in [1.54, 1.807) is 6.92 Å². The predicted molar refractivity (Wildman–Crippen MR) is 53.7 cm³/mol. The minimum atomic E-state index is -0.959. The molecule has 0 saturated carbocycles. The fraction of sp³-hybridized carbons (Fsp3) is 0.222. The number of benzene rings is 1. The summed E-state index contributed by atoms with van der Waals surface area (Å²) in [4.78, 5) is 20.5. The van der Waals surface area contributed by atoms with Gasteiger partial charge in [0.1, 0.15) is 0 Å². The lowest BCUT2D eigenvalue weighted by atomic mass is 10.2. The third-order valence-electron chi connectivity index (χ3n) is 1.66. The Balaban J connectivity index is 2.87. The van der Waals surface area contributed by atoms with E-state index in [9.17, 15) is 19.3 Å². The molecule has 0 spiro atoms. The van der Waals surface area contributed by atoms with E-state index in [0.29, 0.717) is 0 Å². The largest absolute Gasteiger partial charge is 0.450 e. The Hall–Kier alpha value is -2.18. The summed E-state index contributed by atoms with van der Waals surface area (Å²) in [5.74, 6) is -0.959. The third kappa shape index (κ3) is 2.91. The van der Waals surface area contributed by atoms with Crippen LogP contribution >= 0.6 is 0 Å². The molecule has 1 rings (SSSR count). The number of carbonyl (C=O) groups excluding carboxylic acids is 1. The summed E-state index contributed by atoms with van der Waals surface area (Å²) in [5.41, 5.74) is -0.596. The molecule has 0 unspecified atom stereocenters. The van der Waals surface area contributed by atoms with Gasteiger partial charge in [-0.25, -0.2) is 4.79 Å².